The molecule has 0 aromatic rings. The zero-order chi connectivity index (χ0) is 7.56. The zero-order valence-electron chi connectivity index (χ0n) is 6.26. The van der Waals surface area contributed by atoms with Crippen LogP contribution in [0.2, 0.25) is 0 Å². The fraction of sp³-hybridized carbons (Fsp3) is 0.625. The Labute approximate surface area is 61.3 Å². The summed E-state index contributed by atoms with van der Waals surface area (Å²) in [7, 11) is 0. The predicted octanol–water partition coefficient (Wildman–Crippen LogP) is 1.09. The van der Waals surface area contributed by atoms with Gasteiger partial charge in [-0.15, -0.1) is 6.58 Å². The van der Waals surface area contributed by atoms with Crippen LogP contribution >= 0.6 is 0 Å². The number of amides is 1. The van der Waals surface area contributed by atoms with Gasteiger partial charge < -0.3 is 5.32 Å². The predicted molar refractivity (Wildman–Crippen MR) is 40.5 cm³/mol. The Morgan fingerprint density at radius 1 is 1.80 bits per heavy atom. The van der Waals surface area contributed by atoms with Crippen LogP contribution in [0.5, 0.6) is 0 Å². The van der Waals surface area contributed by atoms with Crippen molar-refractivity contribution in [2.24, 2.45) is 5.92 Å². The molecule has 0 aromatic carbocycles. The molecule has 1 fully saturated rings. The molecule has 2 nitrogen and oxygen atoms in total. The van der Waals surface area contributed by atoms with Gasteiger partial charge in [0, 0.05) is 6.04 Å². The van der Waals surface area contributed by atoms with Crippen molar-refractivity contribution in [2.75, 3.05) is 0 Å². The van der Waals surface area contributed by atoms with E-state index in [2.05, 4.69) is 11.9 Å². The third-order valence-corrected chi connectivity index (χ3v) is 2.01. The van der Waals surface area contributed by atoms with Crippen molar-refractivity contribution in [3.05, 3.63) is 12.7 Å². The van der Waals surface area contributed by atoms with Crippen LogP contribution < -0.4 is 5.32 Å². The molecule has 56 valence electrons. The van der Waals surface area contributed by atoms with E-state index in [1.165, 1.54) is 0 Å². The lowest BCUT2D eigenvalue weighted by Crippen LogP contribution is -2.57. The Morgan fingerprint density at radius 3 is 2.90 bits per heavy atom. The maximum Gasteiger partial charge on any atom is 0.225 e. The SMILES string of the molecule is C=CC[C@@H]1NC(=O)[C@@H]1CC. The van der Waals surface area contributed by atoms with Crippen molar-refractivity contribution < 1.29 is 4.79 Å². The number of nitrogens with one attached hydrogen (secondary N) is 1. The van der Waals surface area contributed by atoms with Gasteiger partial charge in [0.15, 0.2) is 0 Å². The fourth-order valence-corrected chi connectivity index (χ4v) is 1.35. The molecule has 2 heteroatoms. The Hall–Kier alpha value is -0.790. The number of carbonyl (C=O) groups is 1. The molecule has 0 unspecified atom stereocenters. The summed E-state index contributed by atoms with van der Waals surface area (Å²) in [6.07, 6.45) is 3.71. The summed E-state index contributed by atoms with van der Waals surface area (Å²) >= 11 is 0. The van der Waals surface area contributed by atoms with Crippen LogP contribution in [0.25, 0.3) is 0 Å². The lowest BCUT2D eigenvalue weighted by molar-refractivity contribution is -0.135. The molecule has 0 bridgehead atoms. The van der Waals surface area contributed by atoms with Gasteiger partial charge in [-0.1, -0.05) is 13.0 Å². The van der Waals surface area contributed by atoms with E-state index in [0.717, 1.165) is 12.8 Å². The smallest absolute Gasteiger partial charge is 0.225 e. The Balaban J connectivity index is 2.37. The van der Waals surface area contributed by atoms with Crippen molar-refractivity contribution in [3.63, 3.8) is 0 Å². The van der Waals surface area contributed by atoms with Crippen molar-refractivity contribution in [3.8, 4) is 0 Å². The minimum Gasteiger partial charge on any atom is -0.352 e. The molecule has 2 atom stereocenters. The highest BCUT2D eigenvalue weighted by molar-refractivity contribution is 5.85. The first-order chi connectivity index (χ1) is 4.79. The van der Waals surface area contributed by atoms with E-state index in [0.29, 0.717) is 6.04 Å². The normalized spacial score (nSPS) is 30.7. The Bertz CT molecular complexity index is 151. The van der Waals surface area contributed by atoms with Gasteiger partial charge in [-0.3, -0.25) is 4.79 Å². The molecule has 1 amide bonds. The van der Waals surface area contributed by atoms with Crippen LogP contribution in [0.1, 0.15) is 19.8 Å². The van der Waals surface area contributed by atoms with Gasteiger partial charge in [0.05, 0.1) is 5.92 Å². The van der Waals surface area contributed by atoms with E-state index in [1.54, 1.807) is 0 Å². The number of carbonyl (C=O) groups excluding carboxylic acids is 1. The molecule has 1 N–H and O–H groups in total. The first-order valence-electron chi connectivity index (χ1n) is 3.70. The number of rotatable bonds is 3. The van der Waals surface area contributed by atoms with Crippen LogP contribution in [0.4, 0.5) is 0 Å². The van der Waals surface area contributed by atoms with Gasteiger partial charge in [-0.2, -0.15) is 0 Å². The average Bonchev–Trinajstić information content (AvgIpc) is 1.88. The number of hydrogen-bond donors (Lipinski definition) is 1. The summed E-state index contributed by atoms with van der Waals surface area (Å²) in [4.78, 5) is 10.8. The number of β-lactam (4-membered cyclic amide) rings is 1. The van der Waals surface area contributed by atoms with Crippen molar-refractivity contribution in [2.45, 2.75) is 25.8 Å². The van der Waals surface area contributed by atoms with E-state index < -0.39 is 0 Å². The van der Waals surface area contributed by atoms with Gasteiger partial charge in [0.25, 0.3) is 0 Å². The molecule has 1 aliphatic heterocycles. The van der Waals surface area contributed by atoms with Crippen LogP contribution in [0, 0.1) is 5.92 Å². The maximum atomic E-state index is 10.8. The van der Waals surface area contributed by atoms with Gasteiger partial charge in [0.1, 0.15) is 0 Å². The standard InChI is InChI=1S/C8H13NO/c1-3-5-7-6(4-2)8(10)9-7/h3,6-7H,1,4-5H2,2H3,(H,9,10)/t6-,7+/m1/s1. The fourth-order valence-electron chi connectivity index (χ4n) is 1.35. The first kappa shape index (κ1) is 7.32. The van der Waals surface area contributed by atoms with Crippen LogP contribution in [0.3, 0.4) is 0 Å². The van der Waals surface area contributed by atoms with E-state index >= 15 is 0 Å². The van der Waals surface area contributed by atoms with Gasteiger partial charge in [-0.05, 0) is 12.8 Å². The zero-order valence-corrected chi connectivity index (χ0v) is 6.26. The minimum atomic E-state index is 0.203. The monoisotopic (exact) mass is 139 g/mol. The molecule has 10 heavy (non-hydrogen) atoms. The quantitative estimate of drug-likeness (QED) is 0.460. The molecule has 0 aromatic heterocycles. The molecule has 1 rings (SSSR count). The van der Waals surface area contributed by atoms with Crippen molar-refractivity contribution in [1.29, 1.82) is 0 Å². The van der Waals surface area contributed by atoms with Gasteiger partial charge in [0.2, 0.25) is 5.91 Å². The Morgan fingerprint density at radius 2 is 2.50 bits per heavy atom. The van der Waals surface area contributed by atoms with Gasteiger partial charge in [-0.25, -0.2) is 0 Å². The average molecular weight is 139 g/mol. The highest BCUT2D eigenvalue weighted by atomic mass is 16.2. The second-order valence-electron chi connectivity index (χ2n) is 2.65. The number of hydrogen-bond acceptors (Lipinski definition) is 1. The second kappa shape index (κ2) is 2.86. The van der Waals surface area contributed by atoms with E-state index in [-0.39, 0.29) is 11.8 Å². The van der Waals surface area contributed by atoms with E-state index in [1.807, 2.05) is 13.0 Å². The summed E-state index contributed by atoms with van der Waals surface area (Å²) in [6.45, 7) is 5.67. The topological polar surface area (TPSA) is 29.1 Å². The molecule has 0 spiro atoms. The van der Waals surface area contributed by atoms with Crippen LogP contribution in [-0.4, -0.2) is 11.9 Å². The third-order valence-electron chi connectivity index (χ3n) is 2.01. The highest BCUT2D eigenvalue weighted by Gasteiger charge is 2.36. The highest BCUT2D eigenvalue weighted by Crippen LogP contribution is 2.20. The molecule has 0 radical (unpaired) electrons. The summed E-state index contributed by atoms with van der Waals surface area (Å²) in [5.74, 6) is 0.451. The lowest BCUT2D eigenvalue weighted by Gasteiger charge is -2.35. The maximum absolute atomic E-state index is 10.8. The minimum absolute atomic E-state index is 0.203. The first-order valence-corrected chi connectivity index (χ1v) is 3.70. The molecular weight excluding hydrogens is 126 g/mol. The molecule has 1 aliphatic rings. The van der Waals surface area contributed by atoms with Crippen molar-refractivity contribution >= 4 is 5.91 Å². The molecule has 0 saturated carbocycles. The third kappa shape index (κ3) is 1.06. The second-order valence-corrected chi connectivity index (χ2v) is 2.65. The Kier molecular flexibility index (Phi) is 2.10. The molecule has 0 aliphatic carbocycles. The van der Waals surface area contributed by atoms with Crippen LogP contribution in [0.15, 0.2) is 12.7 Å². The summed E-state index contributed by atoms with van der Waals surface area (Å²) in [5, 5.41) is 2.83. The van der Waals surface area contributed by atoms with Crippen molar-refractivity contribution in [1.82, 2.24) is 5.32 Å². The van der Waals surface area contributed by atoms with Crippen LogP contribution in [-0.2, 0) is 4.79 Å². The van der Waals surface area contributed by atoms with E-state index in [4.69, 9.17) is 0 Å². The summed E-state index contributed by atoms with van der Waals surface area (Å²) in [6, 6.07) is 0.370. The largest absolute Gasteiger partial charge is 0.352 e. The summed E-state index contributed by atoms with van der Waals surface area (Å²) < 4.78 is 0. The van der Waals surface area contributed by atoms with Gasteiger partial charge >= 0.3 is 0 Å². The lowest BCUT2D eigenvalue weighted by atomic mass is 9.86. The molecular formula is C8H13NO. The molecule has 1 heterocycles. The summed E-state index contributed by atoms with van der Waals surface area (Å²) in [5.41, 5.74) is 0. The molecule has 1 saturated heterocycles. The van der Waals surface area contributed by atoms with E-state index in [9.17, 15) is 4.79 Å².